The number of benzene rings is 2. The third kappa shape index (κ3) is 2.57. The molecule has 0 saturated carbocycles. The molecule has 0 saturated heterocycles. The Balaban J connectivity index is 1.88. The van der Waals surface area contributed by atoms with Crippen molar-refractivity contribution in [2.45, 2.75) is 26.0 Å². The standard InChI is InChI=1S/C18H19IN4O2/c1-10(2)18(25,16-9-20-19-22-16)12-4-6-13-11(7-12)3-5-14-15(13)8-21-23-17(14)24/h3-7,9-10,21,25H,8H2,1-2H3,(H,20,22)(H,23,24). The summed E-state index contributed by atoms with van der Waals surface area (Å²) in [5.74, 6) is -0.134. The summed E-state index contributed by atoms with van der Waals surface area (Å²) in [5.41, 5.74) is 7.64. The Morgan fingerprint density at radius 2 is 2.12 bits per heavy atom. The zero-order valence-corrected chi connectivity index (χ0v) is 16.1. The molecule has 2 heterocycles. The summed E-state index contributed by atoms with van der Waals surface area (Å²) in [6.45, 7) is 4.58. The number of amides is 1. The molecular formula is C18H19IN4O2. The van der Waals surface area contributed by atoms with E-state index in [1.165, 1.54) is 0 Å². The lowest BCUT2D eigenvalue weighted by molar-refractivity contribution is 0.0268. The second-order valence-electron chi connectivity index (χ2n) is 6.56. The average Bonchev–Trinajstić information content (AvgIpc) is 3.15. The Bertz CT molecular complexity index is 938. The summed E-state index contributed by atoms with van der Waals surface area (Å²) < 4.78 is 7.67. The number of carbonyl (C=O) groups is 1. The molecule has 2 aliphatic rings. The van der Waals surface area contributed by atoms with E-state index in [-0.39, 0.29) is 11.8 Å². The van der Waals surface area contributed by atoms with E-state index in [4.69, 9.17) is 0 Å². The molecule has 0 spiro atoms. The van der Waals surface area contributed by atoms with Gasteiger partial charge >= 0.3 is 0 Å². The predicted molar refractivity (Wildman–Crippen MR) is 105 cm³/mol. The molecule has 6 nitrogen and oxygen atoms in total. The molecule has 0 radical (unpaired) electrons. The normalized spacial score (nSPS) is 18.9. The van der Waals surface area contributed by atoms with Crippen molar-refractivity contribution in [3.8, 4) is 0 Å². The van der Waals surface area contributed by atoms with Crippen LogP contribution in [0.4, 0.5) is 0 Å². The number of hydrogen-bond acceptors (Lipinski definition) is 5. The van der Waals surface area contributed by atoms with Crippen LogP contribution >= 0.6 is 21.3 Å². The van der Waals surface area contributed by atoms with E-state index < -0.39 is 26.9 Å². The first-order valence-electron chi connectivity index (χ1n) is 8.14. The first-order chi connectivity index (χ1) is 12.0. The van der Waals surface area contributed by atoms with Gasteiger partial charge in [-0.05, 0) is 39.9 Å². The average molecular weight is 450 g/mol. The van der Waals surface area contributed by atoms with Crippen molar-refractivity contribution >= 4 is 38.0 Å². The highest BCUT2D eigenvalue weighted by molar-refractivity contribution is 14.1. The molecule has 1 amide bonds. The van der Waals surface area contributed by atoms with E-state index in [0.717, 1.165) is 21.9 Å². The quantitative estimate of drug-likeness (QED) is 0.428. The zero-order chi connectivity index (χ0) is 17.6. The molecule has 4 rings (SSSR count). The van der Waals surface area contributed by atoms with Gasteiger partial charge < -0.3 is 8.64 Å². The number of hydrogen-bond donors (Lipinski definition) is 4. The highest BCUT2D eigenvalue weighted by Crippen LogP contribution is 2.41. The molecule has 0 aliphatic carbocycles. The number of rotatable bonds is 3. The van der Waals surface area contributed by atoms with Gasteiger partial charge in [-0.3, -0.25) is 10.2 Å². The fraction of sp³-hybridized carbons (Fsp3) is 0.278. The molecule has 2 aliphatic heterocycles. The van der Waals surface area contributed by atoms with Crippen molar-refractivity contribution in [2.24, 2.45) is 9.06 Å². The molecule has 1 unspecified atom stereocenters. The molecule has 2 aromatic carbocycles. The molecule has 7 heteroatoms. The van der Waals surface area contributed by atoms with Gasteiger partial charge in [0.05, 0.1) is 0 Å². The Kier molecular flexibility index (Phi) is 4.09. The van der Waals surface area contributed by atoms with E-state index in [9.17, 15) is 9.90 Å². The highest BCUT2D eigenvalue weighted by atomic mass is 127. The Labute approximate surface area is 156 Å². The lowest BCUT2D eigenvalue weighted by atomic mass is 9.80. The smallest absolute Gasteiger partial charge is 0.265 e. The number of carbonyl (C=O) groups excluding carboxylic acids is 1. The van der Waals surface area contributed by atoms with Gasteiger partial charge in [0.2, 0.25) is 0 Å². The topological polar surface area (TPSA) is 85.8 Å². The second-order valence-corrected chi connectivity index (χ2v) is 8.15. The van der Waals surface area contributed by atoms with Crippen molar-refractivity contribution < 1.29 is 9.90 Å². The largest absolute Gasteiger partial charge is 0.378 e. The maximum Gasteiger partial charge on any atom is 0.265 e. The van der Waals surface area contributed by atoms with Gasteiger partial charge in [0, 0.05) is 18.3 Å². The number of aliphatic hydroxyl groups is 1. The number of fused-ring (bicyclic) bond motifs is 3. The summed E-state index contributed by atoms with van der Waals surface area (Å²) in [6.07, 6.45) is 1.83. The van der Waals surface area contributed by atoms with Gasteiger partial charge in [0.25, 0.3) is 5.91 Å². The third-order valence-corrected chi connectivity index (χ3v) is 6.23. The molecule has 0 fully saturated rings. The fourth-order valence-electron chi connectivity index (χ4n) is 3.44. The van der Waals surface area contributed by atoms with Gasteiger partial charge in [-0.25, -0.2) is 8.57 Å². The van der Waals surface area contributed by atoms with Crippen LogP contribution in [0.25, 0.3) is 10.8 Å². The number of hydrazine groups is 1. The van der Waals surface area contributed by atoms with Gasteiger partial charge in [0.15, 0.2) is 0 Å². The van der Waals surface area contributed by atoms with Crippen molar-refractivity contribution in [1.29, 1.82) is 0 Å². The van der Waals surface area contributed by atoms with E-state index >= 15 is 0 Å². The van der Waals surface area contributed by atoms with Crippen LogP contribution in [0.2, 0.25) is 0 Å². The van der Waals surface area contributed by atoms with Crippen LogP contribution < -0.4 is 14.4 Å². The second kappa shape index (κ2) is 6.15. The zero-order valence-electron chi connectivity index (χ0n) is 13.9. The Morgan fingerprint density at radius 1 is 1.28 bits per heavy atom. The van der Waals surface area contributed by atoms with E-state index in [2.05, 4.69) is 17.5 Å². The predicted octanol–water partition coefficient (Wildman–Crippen LogP) is 2.95. The summed E-state index contributed by atoms with van der Waals surface area (Å²) in [5, 5.41) is 13.5. The molecular weight excluding hydrogens is 431 g/mol. The van der Waals surface area contributed by atoms with Crippen LogP contribution in [-0.4, -0.2) is 11.0 Å². The van der Waals surface area contributed by atoms with Gasteiger partial charge in [-0.1, -0.05) is 32.0 Å². The van der Waals surface area contributed by atoms with E-state index in [1.54, 1.807) is 0 Å². The lowest BCUT2D eigenvalue weighted by Gasteiger charge is -2.32. The summed E-state index contributed by atoms with van der Waals surface area (Å²) >= 11 is -0.459. The Morgan fingerprint density at radius 3 is 2.84 bits per heavy atom. The van der Waals surface area contributed by atoms with Crippen LogP contribution in [0.3, 0.4) is 0 Å². The maximum atomic E-state index is 12.0. The molecule has 0 aromatic heterocycles. The molecule has 0 bridgehead atoms. The first-order valence-corrected chi connectivity index (χ1v) is 10.2. The van der Waals surface area contributed by atoms with Crippen LogP contribution in [-0.2, 0) is 12.1 Å². The molecule has 2 aromatic rings. The van der Waals surface area contributed by atoms with Gasteiger partial charge in [0.1, 0.15) is 32.6 Å². The molecule has 4 N–H and O–H groups in total. The van der Waals surface area contributed by atoms with Crippen molar-refractivity contribution in [2.75, 3.05) is 0 Å². The first kappa shape index (κ1) is 16.6. The molecule has 25 heavy (non-hydrogen) atoms. The minimum Gasteiger partial charge on any atom is -0.378 e. The minimum atomic E-state index is -1.12. The van der Waals surface area contributed by atoms with Crippen molar-refractivity contribution in [3.05, 3.63) is 58.9 Å². The number of nitrogens with one attached hydrogen (secondary N) is 3. The van der Waals surface area contributed by atoms with E-state index in [0.29, 0.717) is 17.8 Å². The summed E-state index contributed by atoms with van der Waals surface area (Å²) in [4.78, 5) is 12.0. The van der Waals surface area contributed by atoms with Crippen LogP contribution in [0.5, 0.6) is 0 Å². The molecule has 130 valence electrons. The number of halogens is 1. The van der Waals surface area contributed by atoms with Crippen LogP contribution in [0, 0.1) is 5.92 Å². The van der Waals surface area contributed by atoms with Crippen LogP contribution in [0.15, 0.2) is 45.4 Å². The van der Waals surface area contributed by atoms with Crippen molar-refractivity contribution in [3.63, 3.8) is 0 Å². The summed E-state index contributed by atoms with van der Waals surface area (Å²) in [6, 6.07) is 9.74. The molecule has 1 atom stereocenters. The Hall–Kier alpha value is -1.84. The van der Waals surface area contributed by atoms with Gasteiger partial charge in [-0.2, -0.15) is 0 Å². The highest BCUT2D eigenvalue weighted by Gasteiger charge is 2.39. The van der Waals surface area contributed by atoms with Crippen molar-refractivity contribution in [1.82, 2.24) is 14.4 Å². The third-order valence-electron chi connectivity index (χ3n) is 4.88. The monoisotopic (exact) mass is 450 g/mol. The minimum absolute atomic E-state index is 0.0195. The summed E-state index contributed by atoms with van der Waals surface area (Å²) in [7, 11) is 0. The lowest BCUT2D eigenvalue weighted by Crippen LogP contribution is -2.42. The SMILES string of the molecule is CC(C)C(O)(C1=CNI=N1)c1ccc2c3c(ccc2c1)C(=O)NNC3. The van der Waals surface area contributed by atoms with E-state index in [1.807, 2.05) is 50.4 Å². The number of nitrogens with zero attached hydrogens (tertiary/aromatic N) is 1. The van der Waals surface area contributed by atoms with Gasteiger partial charge in [-0.15, -0.1) is 0 Å². The maximum absolute atomic E-state index is 12.0. The van der Waals surface area contributed by atoms with Crippen LogP contribution in [0.1, 0.15) is 35.3 Å². The fourth-order valence-corrected chi connectivity index (χ4v) is 4.78.